The maximum absolute atomic E-state index is 12.6. The molecule has 134 valence electrons. The number of nitrogens with zero attached hydrogens (tertiary/aromatic N) is 5. The van der Waals surface area contributed by atoms with Gasteiger partial charge in [0.05, 0.1) is 12.5 Å². The molecule has 1 amide bonds. The predicted molar refractivity (Wildman–Crippen MR) is 87.3 cm³/mol. The Morgan fingerprint density at radius 3 is 2.68 bits per heavy atom. The third-order valence-electron chi connectivity index (χ3n) is 4.01. The number of carbonyl (C=O) groups excluding carboxylic acids is 1. The van der Waals surface area contributed by atoms with E-state index in [1.165, 1.54) is 36.0 Å². The van der Waals surface area contributed by atoms with Crippen LogP contribution in [0.25, 0.3) is 0 Å². The van der Waals surface area contributed by atoms with Gasteiger partial charge in [-0.3, -0.25) is 9.59 Å². The van der Waals surface area contributed by atoms with Crippen LogP contribution in [0.5, 0.6) is 0 Å². The van der Waals surface area contributed by atoms with Gasteiger partial charge < -0.3 is 9.88 Å². The van der Waals surface area contributed by atoms with Crippen LogP contribution in [0, 0.1) is 0 Å². The molecule has 1 fully saturated rings. The number of aryl methyl sites for hydroxylation is 1. The number of hydrogen-bond acceptors (Lipinski definition) is 6. The standard InChI is InChI=1S/C14H18N6O4S/c1-18-13(21)4-3-11(17-18)14(22)19-5-2-6-20(8-7-19)25(23,24)12-9-15-10-16-12/h3-4,9-10H,2,5-8H2,1H3,(H,15,16). The van der Waals surface area contributed by atoms with Crippen molar-refractivity contribution in [3.63, 3.8) is 0 Å². The summed E-state index contributed by atoms with van der Waals surface area (Å²) in [6.45, 7) is 1.15. The molecule has 2 aromatic heterocycles. The van der Waals surface area contributed by atoms with Crippen LogP contribution in [0.4, 0.5) is 0 Å². The van der Waals surface area contributed by atoms with Gasteiger partial charge >= 0.3 is 0 Å². The average Bonchev–Trinajstić information content (AvgIpc) is 3.02. The normalized spacial score (nSPS) is 16.6. The van der Waals surface area contributed by atoms with E-state index in [-0.39, 0.29) is 35.3 Å². The molecule has 0 spiro atoms. The monoisotopic (exact) mass is 366 g/mol. The average molecular weight is 366 g/mol. The molecular weight excluding hydrogens is 348 g/mol. The number of H-pyrrole nitrogens is 1. The predicted octanol–water partition coefficient (Wildman–Crippen LogP) is -0.960. The molecule has 0 unspecified atom stereocenters. The van der Waals surface area contributed by atoms with Crippen LogP contribution in [-0.4, -0.2) is 69.5 Å². The Hall–Kier alpha value is -2.53. The zero-order valence-corrected chi connectivity index (χ0v) is 14.4. The molecule has 1 saturated heterocycles. The lowest BCUT2D eigenvalue weighted by Gasteiger charge is -2.21. The first-order valence-corrected chi connectivity index (χ1v) is 9.16. The molecule has 25 heavy (non-hydrogen) atoms. The van der Waals surface area contributed by atoms with Crippen molar-refractivity contribution in [1.29, 1.82) is 0 Å². The van der Waals surface area contributed by atoms with Gasteiger partial charge in [-0.2, -0.15) is 9.40 Å². The number of imidazole rings is 1. The van der Waals surface area contributed by atoms with E-state index in [1.54, 1.807) is 4.90 Å². The van der Waals surface area contributed by atoms with Crippen LogP contribution in [0.3, 0.4) is 0 Å². The molecule has 3 heterocycles. The fraction of sp³-hybridized carbons (Fsp3) is 0.429. The quantitative estimate of drug-likeness (QED) is 0.747. The van der Waals surface area contributed by atoms with E-state index in [1.807, 2.05) is 0 Å². The van der Waals surface area contributed by atoms with Gasteiger partial charge in [-0.15, -0.1) is 0 Å². The summed E-state index contributed by atoms with van der Waals surface area (Å²) in [5, 5.41) is 3.99. The molecule has 0 saturated carbocycles. The summed E-state index contributed by atoms with van der Waals surface area (Å²) in [7, 11) is -2.18. The van der Waals surface area contributed by atoms with E-state index in [0.717, 1.165) is 4.68 Å². The van der Waals surface area contributed by atoms with Gasteiger partial charge in [0.2, 0.25) is 0 Å². The molecule has 0 bridgehead atoms. The minimum Gasteiger partial charge on any atom is -0.336 e. The molecule has 0 aliphatic carbocycles. The summed E-state index contributed by atoms with van der Waals surface area (Å²) >= 11 is 0. The van der Waals surface area contributed by atoms with Crippen molar-refractivity contribution in [2.75, 3.05) is 26.2 Å². The third kappa shape index (κ3) is 3.46. The fourth-order valence-corrected chi connectivity index (χ4v) is 4.00. The first kappa shape index (κ1) is 17.3. The van der Waals surface area contributed by atoms with Crippen LogP contribution >= 0.6 is 0 Å². The molecule has 11 heteroatoms. The summed E-state index contributed by atoms with van der Waals surface area (Å²) in [6, 6.07) is 2.67. The second-order valence-electron chi connectivity index (χ2n) is 5.65. The third-order valence-corrected chi connectivity index (χ3v) is 5.84. The number of carbonyl (C=O) groups is 1. The lowest BCUT2D eigenvalue weighted by molar-refractivity contribution is 0.0755. The Kier molecular flexibility index (Phi) is 4.68. The van der Waals surface area contributed by atoms with E-state index in [0.29, 0.717) is 19.5 Å². The largest absolute Gasteiger partial charge is 0.336 e. The van der Waals surface area contributed by atoms with Gasteiger partial charge in [-0.1, -0.05) is 0 Å². The van der Waals surface area contributed by atoms with Gasteiger partial charge in [0.15, 0.2) is 5.03 Å². The molecule has 0 radical (unpaired) electrons. The second kappa shape index (κ2) is 6.76. The van der Waals surface area contributed by atoms with Crippen molar-refractivity contribution >= 4 is 15.9 Å². The number of rotatable bonds is 3. The highest BCUT2D eigenvalue weighted by Crippen LogP contribution is 2.15. The number of sulfonamides is 1. The highest BCUT2D eigenvalue weighted by molar-refractivity contribution is 7.89. The maximum Gasteiger partial charge on any atom is 0.274 e. The first-order chi connectivity index (χ1) is 11.9. The molecule has 2 aromatic rings. The second-order valence-corrected chi connectivity index (χ2v) is 7.55. The Balaban J connectivity index is 1.74. The van der Waals surface area contributed by atoms with Crippen molar-refractivity contribution in [3.05, 3.63) is 40.7 Å². The molecule has 1 N–H and O–H groups in total. The van der Waals surface area contributed by atoms with Gasteiger partial charge in [-0.25, -0.2) is 18.1 Å². The SMILES string of the molecule is Cn1nc(C(=O)N2CCCN(S(=O)(=O)c3cnc[nH]3)CC2)ccc1=O. The van der Waals surface area contributed by atoms with Crippen molar-refractivity contribution in [1.82, 2.24) is 29.0 Å². The Morgan fingerprint density at radius 2 is 2.00 bits per heavy atom. The lowest BCUT2D eigenvalue weighted by Crippen LogP contribution is -2.38. The van der Waals surface area contributed by atoms with E-state index in [2.05, 4.69) is 15.1 Å². The molecular formula is C14H18N6O4S. The number of nitrogens with one attached hydrogen (secondary N) is 1. The zero-order valence-electron chi connectivity index (χ0n) is 13.6. The first-order valence-electron chi connectivity index (χ1n) is 7.72. The van der Waals surface area contributed by atoms with E-state index < -0.39 is 10.0 Å². The summed E-state index contributed by atoms with van der Waals surface area (Å²) in [5.74, 6) is -0.323. The van der Waals surface area contributed by atoms with Crippen LogP contribution < -0.4 is 5.56 Å². The highest BCUT2D eigenvalue weighted by atomic mass is 32.2. The van der Waals surface area contributed by atoms with Crippen LogP contribution in [-0.2, 0) is 17.1 Å². The zero-order chi connectivity index (χ0) is 18.0. The number of hydrogen-bond donors (Lipinski definition) is 1. The van der Waals surface area contributed by atoms with Gasteiger partial charge in [0, 0.05) is 39.3 Å². The van der Waals surface area contributed by atoms with Crippen molar-refractivity contribution in [2.45, 2.75) is 11.4 Å². The number of aromatic nitrogens is 4. The van der Waals surface area contributed by atoms with E-state index >= 15 is 0 Å². The molecule has 3 rings (SSSR count). The van der Waals surface area contributed by atoms with Crippen LogP contribution in [0.15, 0.2) is 34.5 Å². The minimum absolute atomic E-state index is 0.0343. The summed E-state index contributed by atoms with van der Waals surface area (Å²) in [5.41, 5.74) is -0.142. The van der Waals surface area contributed by atoms with Crippen molar-refractivity contribution in [3.8, 4) is 0 Å². The van der Waals surface area contributed by atoms with E-state index in [9.17, 15) is 18.0 Å². The lowest BCUT2D eigenvalue weighted by atomic mass is 10.3. The summed E-state index contributed by atoms with van der Waals surface area (Å²) in [6.07, 6.45) is 3.08. The maximum atomic E-state index is 12.6. The Bertz CT molecular complexity index is 921. The van der Waals surface area contributed by atoms with Gasteiger partial charge in [0.1, 0.15) is 5.69 Å². The Morgan fingerprint density at radius 1 is 1.20 bits per heavy atom. The molecule has 10 nitrogen and oxygen atoms in total. The van der Waals surface area contributed by atoms with Gasteiger partial charge in [0.25, 0.3) is 21.5 Å². The smallest absolute Gasteiger partial charge is 0.274 e. The fourth-order valence-electron chi connectivity index (χ4n) is 2.64. The highest BCUT2D eigenvalue weighted by Gasteiger charge is 2.29. The minimum atomic E-state index is -3.65. The van der Waals surface area contributed by atoms with Crippen molar-refractivity contribution in [2.24, 2.45) is 7.05 Å². The molecule has 0 aromatic carbocycles. The summed E-state index contributed by atoms with van der Waals surface area (Å²) < 4.78 is 27.5. The number of amides is 1. The number of aromatic amines is 1. The van der Waals surface area contributed by atoms with Crippen LogP contribution in [0.1, 0.15) is 16.9 Å². The van der Waals surface area contributed by atoms with E-state index in [4.69, 9.17) is 0 Å². The Labute approximate surface area is 144 Å². The topological polar surface area (TPSA) is 121 Å². The molecule has 1 aliphatic rings. The van der Waals surface area contributed by atoms with Crippen molar-refractivity contribution < 1.29 is 13.2 Å². The van der Waals surface area contributed by atoms with Crippen LogP contribution in [0.2, 0.25) is 0 Å². The molecule has 0 atom stereocenters. The molecule has 1 aliphatic heterocycles. The summed E-state index contributed by atoms with van der Waals surface area (Å²) in [4.78, 5) is 31.8. The van der Waals surface area contributed by atoms with Gasteiger partial charge in [-0.05, 0) is 12.5 Å².